The van der Waals surface area contributed by atoms with Crippen molar-refractivity contribution in [1.29, 1.82) is 0 Å². The van der Waals surface area contributed by atoms with Crippen molar-refractivity contribution >= 4 is 157 Å². The number of aryl methyl sites for hydroxylation is 4. The third kappa shape index (κ3) is 10.8. The fraction of sp³-hybridized carbons (Fsp3) is 0.176. The third-order valence-corrected chi connectivity index (χ3v) is 21.8. The van der Waals surface area contributed by atoms with Crippen molar-refractivity contribution in [2.45, 2.75) is 99.9 Å². The zero-order valence-electron chi connectivity index (χ0n) is 62.2. The van der Waals surface area contributed by atoms with Crippen LogP contribution in [-0.4, -0.2) is 62.7 Å². The molecule has 9 aromatic heterocycles. The Bertz CT molecular complexity index is 6320. The van der Waals surface area contributed by atoms with Crippen molar-refractivity contribution in [3.8, 4) is 0 Å². The van der Waals surface area contributed by atoms with E-state index in [4.69, 9.17) is 17.7 Å². The summed E-state index contributed by atoms with van der Waals surface area (Å²) in [6.07, 6.45) is 13.8. The van der Waals surface area contributed by atoms with Crippen LogP contribution in [0.4, 0.5) is 68.4 Å². The quantitative estimate of drug-likeness (QED) is 0.149. The number of fused-ring (bicyclic) bond motifs is 15. The van der Waals surface area contributed by atoms with E-state index in [2.05, 4.69) is 335 Å². The average molecular weight is 1420 g/mol. The highest BCUT2D eigenvalue weighted by Crippen LogP contribution is 2.53. The second-order valence-corrected chi connectivity index (χ2v) is 28.5. The molecule has 17 nitrogen and oxygen atoms in total. The topological polar surface area (TPSA) is 143 Å². The van der Waals surface area contributed by atoms with Crippen LogP contribution in [0.5, 0.6) is 0 Å². The van der Waals surface area contributed by atoms with E-state index in [-0.39, 0.29) is 24.7 Å². The predicted molar refractivity (Wildman–Crippen MR) is 442 cm³/mol. The molecule has 4 aliphatic rings. The molecule has 17 aromatic rings. The van der Waals surface area contributed by atoms with Crippen LogP contribution in [0.1, 0.15) is 63.8 Å². The summed E-state index contributed by atoms with van der Waals surface area (Å²) in [4.78, 5) is 41.0. The van der Waals surface area contributed by atoms with Gasteiger partial charge in [-0.05, 0) is 201 Å². The zero-order valence-corrected chi connectivity index (χ0v) is 62.2. The van der Waals surface area contributed by atoms with E-state index < -0.39 is 0 Å². The Balaban J connectivity index is 0.000000102. The number of benzene rings is 8. The SMILES string of the molecule is Cc1ccc2c(oc3ncccc32)c1N1C=CN(c2ccccc2)C1C.Cc1ccc2c(oc3ncccc32)c1N1c2ccccc2N(C(C)C)C1C.Cc1ccc2c(oc3ncccc32)c1N1c2ccccc2N(c2ccccc2)C1C.Cc1ccc2c(oc3ncccc32)c1N1c2ncccc2N(C)C1C. The van der Waals surface area contributed by atoms with Gasteiger partial charge in [-0.2, -0.15) is 0 Å². The van der Waals surface area contributed by atoms with Crippen LogP contribution in [0.3, 0.4) is 0 Å². The molecule has 4 aliphatic heterocycles. The number of hydrogen-bond acceptors (Lipinski definition) is 17. The summed E-state index contributed by atoms with van der Waals surface area (Å²) in [6, 6.07) is 76.0. The highest BCUT2D eigenvalue weighted by molar-refractivity contribution is 6.13. The largest absolute Gasteiger partial charge is 0.435 e. The third-order valence-electron chi connectivity index (χ3n) is 21.8. The van der Waals surface area contributed by atoms with E-state index >= 15 is 0 Å². The molecule has 0 saturated heterocycles. The number of nitrogens with zero attached hydrogens (tertiary/aromatic N) is 13. The molecule has 8 aromatic carbocycles. The van der Waals surface area contributed by atoms with Crippen LogP contribution < -0.4 is 39.2 Å². The lowest BCUT2D eigenvalue weighted by Gasteiger charge is -2.33. The van der Waals surface area contributed by atoms with E-state index in [0.717, 1.165) is 105 Å². The van der Waals surface area contributed by atoms with Crippen molar-refractivity contribution in [2.75, 3.05) is 46.2 Å². The highest BCUT2D eigenvalue weighted by atomic mass is 16.4. The van der Waals surface area contributed by atoms with Crippen molar-refractivity contribution in [3.63, 3.8) is 0 Å². The zero-order chi connectivity index (χ0) is 73.8. The van der Waals surface area contributed by atoms with Crippen LogP contribution in [0.2, 0.25) is 0 Å². The summed E-state index contributed by atoms with van der Waals surface area (Å²) in [6.45, 7) is 21.9. The number of para-hydroxylation sites is 6. The lowest BCUT2D eigenvalue weighted by molar-refractivity contribution is 0.602. The van der Waals surface area contributed by atoms with Crippen molar-refractivity contribution in [1.82, 2.24) is 24.9 Å². The summed E-state index contributed by atoms with van der Waals surface area (Å²) in [5.74, 6) is 0.960. The number of anilines is 12. The van der Waals surface area contributed by atoms with Gasteiger partial charge >= 0.3 is 0 Å². The van der Waals surface area contributed by atoms with Crippen LogP contribution in [-0.2, 0) is 0 Å². The summed E-state index contributed by atoms with van der Waals surface area (Å²) in [5, 5.41) is 8.62. The molecule has 108 heavy (non-hydrogen) atoms. The smallest absolute Gasteiger partial charge is 0.227 e. The second-order valence-electron chi connectivity index (χ2n) is 28.5. The van der Waals surface area contributed by atoms with Crippen molar-refractivity contribution in [3.05, 3.63) is 284 Å². The van der Waals surface area contributed by atoms with Gasteiger partial charge in [-0.15, -0.1) is 0 Å². The molecule has 0 N–H and O–H groups in total. The van der Waals surface area contributed by atoms with Crippen LogP contribution in [0.15, 0.2) is 279 Å². The Labute approximate surface area is 626 Å². The van der Waals surface area contributed by atoms with E-state index in [0.29, 0.717) is 28.9 Å². The van der Waals surface area contributed by atoms with E-state index in [9.17, 15) is 0 Å². The maximum absolute atomic E-state index is 6.31. The fourth-order valence-electron chi connectivity index (χ4n) is 16.7. The Kier molecular flexibility index (Phi) is 16.6. The van der Waals surface area contributed by atoms with Gasteiger partial charge in [0.05, 0.1) is 51.2 Å². The lowest BCUT2D eigenvalue weighted by atomic mass is 10.1. The van der Waals surface area contributed by atoms with Gasteiger partial charge in [-0.3, -0.25) is 0 Å². The first-order valence-electron chi connectivity index (χ1n) is 37.0. The maximum atomic E-state index is 6.31. The molecular weight excluding hydrogens is 1340 g/mol. The number of rotatable bonds is 7. The molecule has 0 aliphatic carbocycles. The first-order chi connectivity index (χ1) is 52.7. The monoisotopic (exact) mass is 1420 g/mol. The average Bonchev–Trinajstić information content (AvgIpc) is 1.58. The molecule has 0 radical (unpaired) electrons. The van der Waals surface area contributed by atoms with Crippen LogP contribution >= 0.6 is 0 Å². The molecule has 0 spiro atoms. The summed E-state index contributed by atoms with van der Waals surface area (Å²) in [7, 11) is 2.10. The standard InChI is InChI=1S/C26H21N3O.C23H23N3O.C22H19N3O.C20H18N4O/c1-17-14-15-20-21-11-8-16-27-26(21)30-25(20)24(17)29-18(2)28(19-9-4-3-5-10-19)22-12-6-7-13-23(22)29;1-14(2)25-16(4)26(20-10-6-5-9-19(20)25)21-15(3)11-12-17-18-8-7-13-24-23(18)27-22(17)21;1-15-10-11-18-19-9-6-12-23-22(19)26-21(18)20(15)25-14-13-24(16(25)2)17-7-4-3-5-8-17;1-12-8-9-14-15-6-4-11-22-20(15)25-18(14)17(12)24-13(2)23(3)16-7-5-10-21-19(16)24/h3-16,18H,1-2H3;5-14,16H,1-4H3;3-14,16H,1-2H3;4-11,13H,1-3H3. The van der Waals surface area contributed by atoms with Gasteiger partial charge < -0.3 is 56.9 Å². The fourth-order valence-corrected chi connectivity index (χ4v) is 16.7. The van der Waals surface area contributed by atoms with Gasteiger partial charge in [-0.25, -0.2) is 24.9 Å². The first kappa shape index (κ1) is 66.8. The van der Waals surface area contributed by atoms with E-state index in [1.807, 2.05) is 42.6 Å². The molecule has 21 rings (SSSR count). The molecule has 0 saturated carbocycles. The second kappa shape index (κ2) is 26.8. The molecular formula is C91H81N13O4. The highest BCUT2D eigenvalue weighted by Gasteiger charge is 2.40. The molecule has 0 amide bonds. The lowest BCUT2D eigenvalue weighted by Crippen LogP contribution is -2.42. The number of pyridine rings is 5. The van der Waals surface area contributed by atoms with Crippen LogP contribution in [0, 0.1) is 27.7 Å². The molecule has 13 heterocycles. The molecule has 0 bridgehead atoms. The normalized spacial score (nSPS) is 16.6. The van der Waals surface area contributed by atoms with Gasteiger partial charge in [0, 0.05) is 111 Å². The van der Waals surface area contributed by atoms with Crippen LogP contribution in [0.25, 0.3) is 88.3 Å². The van der Waals surface area contributed by atoms with Gasteiger partial charge in [0.15, 0.2) is 28.1 Å². The predicted octanol–water partition coefficient (Wildman–Crippen LogP) is 23.0. The van der Waals surface area contributed by atoms with Crippen molar-refractivity contribution in [2.24, 2.45) is 0 Å². The molecule has 0 fully saturated rings. The minimum Gasteiger partial charge on any atom is -0.435 e. The number of aromatic nitrogens is 5. The summed E-state index contributed by atoms with van der Waals surface area (Å²) < 4.78 is 24.9. The minimum absolute atomic E-state index is 0.0928. The van der Waals surface area contributed by atoms with Crippen molar-refractivity contribution < 1.29 is 17.7 Å². The molecule has 4 unspecified atom stereocenters. The summed E-state index contributed by atoms with van der Waals surface area (Å²) >= 11 is 0. The summed E-state index contributed by atoms with van der Waals surface area (Å²) in [5.41, 5.74) is 23.8. The van der Waals surface area contributed by atoms with E-state index in [1.54, 1.807) is 24.8 Å². The Morgan fingerprint density at radius 2 is 0.648 bits per heavy atom. The van der Waals surface area contributed by atoms with Gasteiger partial charge in [-0.1, -0.05) is 109 Å². The van der Waals surface area contributed by atoms with Gasteiger partial charge in [0.2, 0.25) is 22.9 Å². The minimum atomic E-state index is 0.0928. The first-order valence-corrected chi connectivity index (χ1v) is 37.0. The Hall–Kier alpha value is -13.2. The Morgan fingerprint density at radius 1 is 0.296 bits per heavy atom. The number of furan rings is 4. The van der Waals surface area contributed by atoms with Gasteiger partial charge in [0.1, 0.15) is 24.7 Å². The van der Waals surface area contributed by atoms with Gasteiger partial charge in [0.25, 0.3) is 0 Å². The maximum Gasteiger partial charge on any atom is 0.227 e. The molecule has 17 heteroatoms. The Morgan fingerprint density at radius 3 is 1.11 bits per heavy atom. The molecule has 534 valence electrons. The molecule has 4 atom stereocenters. The number of hydrogen-bond donors (Lipinski definition) is 0. The van der Waals surface area contributed by atoms with E-state index in [1.165, 1.54) is 50.8 Å².